The molecule has 0 fully saturated rings. The van der Waals surface area contributed by atoms with Crippen LogP contribution in [0.1, 0.15) is 34.6 Å². The average Bonchev–Trinajstić information content (AvgIpc) is 3.07. The summed E-state index contributed by atoms with van der Waals surface area (Å²) < 4.78 is 46.2. The van der Waals surface area contributed by atoms with Crippen LogP contribution in [0.2, 0.25) is 5.15 Å². The first-order valence-electron chi connectivity index (χ1n) is 8.78. The van der Waals surface area contributed by atoms with E-state index in [4.69, 9.17) is 21.4 Å². The van der Waals surface area contributed by atoms with E-state index < -0.39 is 35.6 Å². The molecule has 2 N–H and O–H groups in total. The second-order valence-corrected chi connectivity index (χ2v) is 6.72. The number of pyridine rings is 2. The molecule has 1 amide bonds. The molecule has 32 heavy (non-hydrogen) atoms. The molecule has 0 radical (unpaired) electrons. The van der Waals surface area contributed by atoms with Gasteiger partial charge in [-0.25, -0.2) is 24.2 Å². The molecule has 14 heteroatoms. The monoisotopic (exact) mass is 470 g/mol. The number of nitrogens with zero attached hydrogens (tertiary/aromatic N) is 5. The minimum atomic E-state index is -5.03. The predicted molar refractivity (Wildman–Crippen MR) is 104 cm³/mol. The summed E-state index contributed by atoms with van der Waals surface area (Å²) in [6, 6.07) is 4.98. The first kappa shape index (κ1) is 22.9. The molecular weight excluding hydrogens is 457 g/mol. The van der Waals surface area contributed by atoms with Gasteiger partial charge in [-0.2, -0.15) is 13.2 Å². The number of carbonyl (C=O) groups is 2. The number of aryl methyl sites for hydroxylation is 1. The fraction of sp³-hybridized carbons (Fsp3) is 0.222. The Balaban J connectivity index is 1.89. The summed E-state index contributed by atoms with van der Waals surface area (Å²) in [7, 11) is 1.38. The Labute approximate surface area is 183 Å². The predicted octanol–water partition coefficient (Wildman–Crippen LogP) is 3.95. The highest BCUT2D eigenvalue weighted by molar-refractivity contribution is 6.30. The zero-order valence-corrected chi connectivity index (χ0v) is 17.1. The number of hydrogen-bond acceptors (Lipinski definition) is 7. The van der Waals surface area contributed by atoms with Crippen molar-refractivity contribution in [1.29, 1.82) is 0 Å². The Morgan fingerprint density at radius 2 is 2.00 bits per heavy atom. The third kappa shape index (κ3) is 4.77. The molecule has 168 valence electrons. The van der Waals surface area contributed by atoms with Gasteiger partial charge in [0.2, 0.25) is 0 Å². The van der Waals surface area contributed by atoms with Crippen molar-refractivity contribution >= 4 is 29.5 Å². The molecule has 3 rings (SSSR count). The van der Waals surface area contributed by atoms with Gasteiger partial charge in [0, 0.05) is 18.8 Å². The number of carboxylic acids is 1. The number of nitrogens with one attached hydrogen (secondary N) is 1. The second kappa shape index (κ2) is 8.78. The summed E-state index contributed by atoms with van der Waals surface area (Å²) in [6.45, 7) is 1.55. The molecule has 0 spiro atoms. The molecule has 0 saturated carbocycles. The van der Waals surface area contributed by atoms with Crippen molar-refractivity contribution in [2.45, 2.75) is 19.2 Å². The maximum Gasteiger partial charge on any atom is 0.434 e. The van der Waals surface area contributed by atoms with Gasteiger partial charge in [-0.1, -0.05) is 22.9 Å². The molecule has 0 aliphatic rings. The molecule has 0 aromatic carbocycles. The Hall–Kier alpha value is -3.74. The smallest absolute Gasteiger partial charge is 0.434 e. The van der Waals surface area contributed by atoms with Crippen LogP contribution in [0, 0.1) is 0 Å². The van der Waals surface area contributed by atoms with Gasteiger partial charge in [-0.15, -0.1) is 5.10 Å². The van der Waals surface area contributed by atoms with Crippen LogP contribution < -0.4 is 5.32 Å². The number of aromatic nitrogens is 5. The van der Waals surface area contributed by atoms with Crippen LogP contribution in [-0.4, -0.2) is 42.1 Å². The van der Waals surface area contributed by atoms with Gasteiger partial charge in [0.25, 0.3) is 0 Å². The van der Waals surface area contributed by atoms with Gasteiger partial charge in [-0.3, -0.25) is 5.32 Å². The van der Waals surface area contributed by atoms with E-state index in [1.54, 1.807) is 19.1 Å². The van der Waals surface area contributed by atoms with E-state index >= 15 is 0 Å². The number of halogens is 4. The van der Waals surface area contributed by atoms with Gasteiger partial charge in [-0.05, 0) is 25.1 Å². The zero-order chi connectivity index (χ0) is 23.6. The molecule has 3 heterocycles. The van der Waals surface area contributed by atoms with Crippen molar-refractivity contribution in [3.8, 4) is 11.4 Å². The van der Waals surface area contributed by atoms with E-state index in [0.29, 0.717) is 5.56 Å². The topological polar surface area (TPSA) is 132 Å². The number of hydrogen-bond donors (Lipinski definition) is 2. The summed E-state index contributed by atoms with van der Waals surface area (Å²) >= 11 is 5.97. The van der Waals surface area contributed by atoms with Crippen molar-refractivity contribution in [2.75, 3.05) is 5.32 Å². The third-order valence-corrected chi connectivity index (χ3v) is 4.51. The number of rotatable bonds is 5. The second-order valence-electron chi connectivity index (χ2n) is 6.36. The lowest BCUT2D eigenvalue weighted by Gasteiger charge is -2.15. The van der Waals surface area contributed by atoms with Crippen molar-refractivity contribution in [2.24, 2.45) is 7.05 Å². The standard InChI is InChI=1S/C18H14ClF3N6O4/c1-8(9-4-3-7-23-14(9)19)32-17(31)25-15-12(26-27-28(15)2)11-6-5-10(16(29)30)13(24-11)18(20,21)22/h3-8H,1-2H3,(H,25,31)(H,29,30)/t8-/m1/s1. The van der Waals surface area contributed by atoms with E-state index in [1.165, 1.54) is 13.2 Å². The van der Waals surface area contributed by atoms with Gasteiger partial charge in [0.1, 0.15) is 11.3 Å². The SMILES string of the molecule is C[C@@H](OC(=O)Nc1c(-c2ccc(C(=O)O)c(C(F)(F)F)n2)nnn1C)c1cccnc1Cl. The minimum Gasteiger partial charge on any atom is -0.478 e. The van der Waals surface area contributed by atoms with Crippen molar-refractivity contribution in [3.05, 3.63) is 52.4 Å². The Morgan fingerprint density at radius 3 is 2.62 bits per heavy atom. The van der Waals surface area contributed by atoms with E-state index in [1.807, 2.05) is 0 Å². The Bertz CT molecular complexity index is 1180. The summed E-state index contributed by atoms with van der Waals surface area (Å²) in [5.41, 5.74) is -2.77. The molecule has 0 unspecified atom stereocenters. The molecule has 0 aliphatic carbocycles. The fourth-order valence-electron chi connectivity index (χ4n) is 2.70. The van der Waals surface area contributed by atoms with E-state index in [2.05, 4.69) is 25.6 Å². The van der Waals surface area contributed by atoms with Gasteiger partial charge < -0.3 is 9.84 Å². The fourth-order valence-corrected chi connectivity index (χ4v) is 2.97. The van der Waals surface area contributed by atoms with Crippen LogP contribution in [0.4, 0.5) is 23.8 Å². The maximum absolute atomic E-state index is 13.3. The highest BCUT2D eigenvalue weighted by atomic mass is 35.5. The van der Waals surface area contributed by atoms with Crippen molar-refractivity contribution in [3.63, 3.8) is 0 Å². The normalized spacial score (nSPS) is 12.3. The maximum atomic E-state index is 13.3. The Morgan fingerprint density at radius 1 is 1.28 bits per heavy atom. The van der Waals surface area contributed by atoms with Gasteiger partial charge >= 0.3 is 18.2 Å². The van der Waals surface area contributed by atoms with E-state index in [0.717, 1.165) is 16.8 Å². The quantitative estimate of drug-likeness (QED) is 0.535. The third-order valence-electron chi connectivity index (χ3n) is 4.19. The van der Waals surface area contributed by atoms with Crippen LogP contribution in [0.5, 0.6) is 0 Å². The lowest BCUT2D eigenvalue weighted by atomic mass is 10.1. The first-order valence-corrected chi connectivity index (χ1v) is 9.16. The van der Waals surface area contributed by atoms with E-state index in [9.17, 15) is 22.8 Å². The van der Waals surface area contributed by atoms with Crippen LogP contribution in [0.15, 0.2) is 30.5 Å². The molecule has 3 aromatic rings. The molecule has 3 aromatic heterocycles. The van der Waals surface area contributed by atoms with E-state index in [-0.39, 0.29) is 22.4 Å². The molecular formula is C18H14ClF3N6O4. The average molecular weight is 471 g/mol. The lowest BCUT2D eigenvalue weighted by molar-refractivity contribution is -0.141. The summed E-state index contributed by atoms with van der Waals surface area (Å²) in [5, 5.41) is 18.9. The van der Waals surface area contributed by atoms with Gasteiger partial charge in [0.15, 0.2) is 17.2 Å². The number of carbonyl (C=O) groups excluding carboxylic acids is 1. The minimum absolute atomic E-state index is 0.122. The summed E-state index contributed by atoms with van der Waals surface area (Å²) in [6.07, 6.45) is -5.34. The number of carboxylic acid groups (broad SMARTS) is 1. The lowest BCUT2D eigenvalue weighted by Crippen LogP contribution is -2.19. The van der Waals surface area contributed by atoms with Crippen LogP contribution >= 0.6 is 11.6 Å². The molecule has 0 saturated heterocycles. The first-order chi connectivity index (χ1) is 15.0. The van der Waals surface area contributed by atoms with Crippen LogP contribution in [-0.2, 0) is 18.0 Å². The number of ether oxygens (including phenoxy) is 1. The number of alkyl halides is 3. The number of amides is 1. The largest absolute Gasteiger partial charge is 0.478 e. The molecule has 0 aliphatic heterocycles. The Kier molecular flexibility index (Phi) is 6.30. The highest BCUT2D eigenvalue weighted by Crippen LogP contribution is 2.33. The van der Waals surface area contributed by atoms with Crippen LogP contribution in [0.3, 0.4) is 0 Å². The van der Waals surface area contributed by atoms with Crippen molar-refractivity contribution in [1.82, 2.24) is 25.0 Å². The highest BCUT2D eigenvalue weighted by Gasteiger charge is 2.38. The number of aromatic carboxylic acids is 1. The van der Waals surface area contributed by atoms with Crippen LogP contribution in [0.25, 0.3) is 11.4 Å². The molecule has 10 nitrogen and oxygen atoms in total. The number of anilines is 1. The summed E-state index contributed by atoms with van der Waals surface area (Å²) in [5.74, 6) is -1.91. The summed E-state index contributed by atoms with van der Waals surface area (Å²) in [4.78, 5) is 30.8. The zero-order valence-electron chi connectivity index (χ0n) is 16.4. The van der Waals surface area contributed by atoms with Gasteiger partial charge in [0.05, 0.1) is 11.3 Å². The molecule has 1 atom stereocenters. The molecule has 0 bridgehead atoms. The van der Waals surface area contributed by atoms with Crippen molar-refractivity contribution < 1.29 is 32.6 Å².